The lowest BCUT2D eigenvalue weighted by atomic mass is 9.35. The molecule has 8 atom stereocenters. The summed E-state index contributed by atoms with van der Waals surface area (Å²) in [6, 6.07) is 0. The molecule has 2 bridgehead atoms. The first-order valence-corrected chi connectivity index (χ1v) is 12.5. The third-order valence-corrected chi connectivity index (χ3v) is 10.5. The maximum atomic E-state index is 13.2. The molecule has 5 aliphatic rings. The Morgan fingerprint density at radius 1 is 1.11 bits per heavy atom. The molecule has 5 rings (SSSR count). The fourth-order valence-corrected chi connectivity index (χ4v) is 9.50. The number of fused-ring (bicyclic) bond motifs is 3. The van der Waals surface area contributed by atoms with E-state index < -0.39 is 0 Å². The number of amides is 1. The molecule has 154 valence electrons. The van der Waals surface area contributed by atoms with Gasteiger partial charge in [0.2, 0.25) is 5.91 Å². The third-order valence-electron chi connectivity index (χ3n) is 9.74. The topological polar surface area (TPSA) is 40.5 Å². The van der Waals surface area contributed by atoms with Crippen molar-refractivity contribution in [2.75, 3.05) is 26.1 Å². The average molecular weight is 394 g/mol. The Hall–Kier alpha value is -0.220. The summed E-state index contributed by atoms with van der Waals surface area (Å²) in [6.07, 6.45) is 11.6. The first-order chi connectivity index (χ1) is 12.7. The van der Waals surface area contributed by atoms with Crippen molar-refractivity contribution >= 4 is 17.7 Å². The molecule has 1 N–H and O–H groups in total. The summed E-state index contributed by atoms with van der Waals surface area (Å²) in [5, 5.41) is 11.5. The van der Waals surface area contributed by atoms with Crippen LogP contribution in [0.15, 0.2) is 0 Å². The van der Waals surface area contributed by atoms with E-state index in [1.54, 1.807) is 0 Å². The number of aliphatic hydroxyl groups is 1. The molecular formula is C23H39NO2S. The number of rotatable bonds is 3. The number of hydrogen-bond acceptors (Lipinski definition) is 3. The largest absolute Gasteiger partial charge is 0.392 e. The Kier molecular flexibility index (Phi) is 4.94. The quantitative estimate of drug-likeness (QED) is 0.771. The minimum absolute atomic E-state index is 0.125. The van der Waals surface area contributed by atoms with E-state index in [2.05, 4.69) is 20.1 Å². The second kappa shape index (κ2) is 6.65. The molecule has 1 amide bonds. The predicted octanol–water partition coefficient (Wildman–Crippen LogP) is 4.44. The Balaban J connectivity index is 1.70. The van der Waals surface area contributed by atoms with Crippen LogP contribution < -0.4 is 0 Å². The number of thioether (sulfide) groups is 1. The lowest BCUT2D eigenvalue weighted by molar-refractivity contribution is -0.240. The zero-order chi connectivity index (χ0) is 19.6. The summed E-state index contributed by atoms with van der Waals surface area (Å²) >= 11 is 1.91. The normalized spacial score (nSPS) is 51.4. The molecule has 5 fully saturated rings. The van der Waals surface area contributed by atoms with E-state index >= 15 is 0 Å². The van der Waals surface area contributed by atoms with Crippen molar-refractivity contribution in [3.63, 3.8) is 0 Å². The third kappa shape index (κ3) is 2.61. The molecule has 0 aromatic heterocycles. The van der Waals surface area contributed by atoms with E-state index in [4.69, 9.17) is 0 Å². The van der Waals surface area contributed by atoms with Crippen molar-refractivity contribution in [3.05, 3.63) is 0 Å². The van der Waals surface area contributed by atoms with Crippen LogP contribution in [0.3, 0.4) is 0 Å². The van der Waals surface area contributed by atoms with Crippen LogP contribution in [0.25, 0.3) is 0 Å². The molecule has 5 saturated carbocycles. The summed E-state index contributed by atoms with van der Waals surface area (Å²) in [7, 11) is 3.84. The molecule has 0 saturated heterocycles. The minimum Gasteiger partial charge on any atom is -0.392 e. The highest BCUT2D eigenvalue weighted by molar-refractivity contribution is 7.98. The molecule has 5 aliphatic carbocycles. The van der Waals surface area contributed by atoms with E-state index in [1.165, 1.54) is 25.7 Å². The molecule has 0 aliphatic heterocycles. The van der Waals surface area contributed by atoms with Gasteiger partial charge in [0.05, 0.1) is 6.10 Å². The smallest absolute Gasteiger partial charge is 0.228 e. The summed E-state index contributed by atoms with van der Waals surface area (Å²) in [6.45, 7) is 4.75. The van der Waals surface area contributed by atoms with Crippen LogP contribution in [0.1, 0.15) is 65.2 Å². The van der Waals surface area contributed by atoms with Crippen LogP contribution >= 0.6 is 11.8 Å². The fraction of sp³-hybridized carbons (Fsp3) is 0.957. The summed E-state index contributed by atoms with van der Waals surface area (Å²) < 4.78 is 0. The molecule has 0 radical (unpaired) electrons. The number of nitrogens with zero attached hydrogens (tertiary/aromatic N) is 1. The van der Waals surface area contributed by atoms with Gasteiger partial charge in [-0.25, -0.2) is 0 Å². The summed E-state index contributed by atoms with van der Waals surface area (Å²) in [5.41, 5.74) is 0.110. The summed E-state index contributed by atoms with van der Waals surface area (Å²) in [5.74, 6) is 3.68. The second-order valence-electron chi connectivity index (χ2n) is 11.0. The Bertz CT molecular complexity index is 609. The van der Waals surface area contributed by atoms with Gasteiger partial charge in [-0.15, -0.1) is 0 Å². The number of carbonyl (C=O) groups is 1. The van der Waals surface area contributed by atoms with Crippen LogP contribution in [0, 0.1) is 39.9 Å². The van der Waals surface area contributed by atoms with Crippen molar-refractivity contribution in [2.24, 2.45) is 39.9 Å². The van der Waals surface area contributed by atoms with Crippen molar-refractivity contribution in [3.8, 4) is 0 Å². The molecule has 0 unspecified atom stereocenters. The van der Waals surface area contributed by atoms with Gasteiger partial charge >= 0.3 is 0 Å². The van der Waals surface area contributed by atoms with E-state index in [1.807, 2.05) is 30.8 Å². The molecule has 4 heteroatoms. The molecule has 1 spiro atoms. The average Bonchev–Trinajstić information content (AvgIpc) is 2.63. The van der Waals surface area contributed by atoms with Gasteiger partial charge in [-0.05, 0) is 91.5 Å². The molecular weight excluding hydrogens is 354 g/mol. The predicted molar refractivity (Wildman–Crippen MR) is 113 cm³/mol. The van der Waals surface area contributed by atoms with Crippen LogP contribution in [-0.2, 0) is 4.79 Å². The van der Waals surface area contributed by atoms with Gasteiger partial charge in [-0.3, -0.25) is 4.79 Å². The van der Waals surface area contributed by atoms with Crippen molar-refractivity contribution < 1.29 is 9.90 Å². The molecule has 0 aromatic rings. The van der Waals surface area contributed by atoms with Gasteiger partial charge in [0.1, 0.15) is 0 Å². The monoisotopic (exact) mass is 393 g/mol. The highest BCUT2D eigenvalue weighted by atomic mass is 32.2. The van der Waals surface area contributed by atoms with Crippen LogP contribution in [0.2, 0.25) is 0 Å². The maximum Gasteiger partial charge on any atom is 0.228 e. The van der Waals surface area contributed by atoms with E-state index in [9.17, 15) is 9.90 Å². The number of aliphatic hydroxyl groups excluding tert-OH is 1. The highest BCUT2D eigenvalue weighted by Gasteiger charge is 2.68. The molecule has 0 aromatic carbocycles. The Morgan fingerprint density at radius 2 is 1.81 bits per heavy atom. The van der Waals surface area contributed by atoms with Crippen LogP contribution in [0.5, 0.6) is 0 Å². The van der Waals surface area contributed by atoms with Crippen molar-refractivity contribution in [2.45, 2.75) is 71.3 Å². The lowest BCUT2D eigenvalue weighted by Crippen LogP contribution is -2.67. The Morgan fingerprint density at radius 3 is 2.48 bits per heavy atom. The number of carbonyl (C=O) groups excluding carboxylic acids is 1. The molecule has 3 nitrogen and oxygen atoms in total. The maximum absolute atomic E-state index is 13.2. The number of hydrogen-bond donors (Lipinski definition) is 1. The second-order valence-corrected chi connectivity index (χ2v) is 11.9. The van der Waals surface area contributed by atoms with E-state index in [-0.39, 0.29) is 22.3 Å². The van der Waals surface area contributed by atoms with Gasteiger partial charge in [-0.1, -0.05) is 20.3 Å². The fourth-order valence-electron chi connectivity index (χ4n) is 8.66. The zero-order valence-corrected chi connectivity index (χ0v) is 18.8. The zero-order valence-electron chi connectivity index (χ0n) is 18.0. The van der Waals surface area contributed by atoms with E-state index in [0.29, 0.717) is 29.6 Å². The minimum atomic E-state index is -0.224. The van der Waals surface area contributed by atoms with Crippen molar-refractivity contribution in [1.82, 2.24) is 4.90 Å². The molecule has 27 heavy (non-hydrogen) atoms. The SMILES string of the molecule is CSC[C@H]1[C@@H]2CC[C@@]3(CC[C@H]4[C@@](C)(CCC[C@@]4(C)C(=O)N(C)C)[C@@H]3C2)[C@@H]1O. The van der Waals surface area contributed by atoms with Gasteiger partial charge in [0.15, 0.2) is 0 Å². The van der Waals surface area contributed by atoms with Gasteiger partial charge in [-0.2, -0.15) is 11.8 Å². The van der Waals surface area contributed by atoms with Gasteiger partial charge < -0.3 is 10.0 Å². The highest BCUT2D eigenvalue weighted by Crippen LogP contribution is 2.72. The lowest BCUT2D eigenvalue weighted by Gasteiger charge is -2.70. The van der Waals surface area contributed by atoms with Crippen LogP contribution in [0.4, 0.5) is 0 Å². The van der Waals surface area contributed by atoms with Gasteiger partial charge in [0.25, 0.3) is 0 Å². The van der Waals surface area contributed by atoms with Crippen molar-refractivity contribution in [1.29, 1.82) is 0 Å². The van der Waals surface area contributed by atoms with E-state index in [0.717, 1.165) is 31.4 Å². The van der Waals surface area contributed by atoms with Gasteiger partial charge in [0, 0.05) is 19.5 Å². The first-order valence-electron chi connectivity index (χ1n) is 11.1. The van der Waals surface area contributed by atoms with Crippen LogP contribution in [-0.4, -0.2) is 48.1 Å². The Labute approximate surface area is 170 Å². The standard InChI is InChI=1S/C23H39NO2S/c1-21-9-6-10-22(2,20(26)24(3)4)17(21)8-12-23-11-7-15(13-18(21)23)16(14-27-5)19(23)25/h15-19,25H,6-14H2,1-5H3/t15-,16+,17+,18+,19-,21-,22-,23+/m1/s1. The first kappa shape index (κ1) is 20.1. The summed E-state index contributed by atoms with van der Waals surface area (Å²) in [4.78, 5) is 15.0. The molecule has 0 heterocycles.